The molecule has 10 heteroatoms. The van der Waals surface area contributed by atoms with Crippen LogP contribution in [0.4, 0.5) is 4.39 Å². The number of likely N-dealkylation sites (tertiary alicyclic amines) is 1. The number of methoxy groups -OCH3 is 1. The molecular formula is C27H32ClFN4O3S. The first-order chi connectivity index (χ1) is 18.0. The third kappa shape index (κ3) is 6.71. The standard InChI is InChI=1S/C27H32ClFN4O3S/c1-36-19-5-6-24-21(16-19)25(22(28)18-31-24)23(29)7-8-27(26(34)32-35)9-13-33(14-10-27)12-3-15-37-20-4-2-11-30-17-20/h2,4-6,11,16-18,23,35H,3,7-10,12-15H2,1H3,(H,32,34)/t23-/m1/s1. The Hall–Kier alpha value is -2.46. The Bertz CT molecular complexity index is 1190. The van der Waals surface area contributed by atoms with Gasteiger partial charge in [0, 0.05) is 34.4 Å². The van der Waals surface area contributed by atoms with E-state index in [1.54, 1.807) is 43.3 Å². The zero-order valence-electron chi connectivity index (χ0n) is 20.8. The van der Waals surface area contributed by atoms with Crippen molar-refractivity contribution < 1.29 is 19.1 Å². The lowest BCUT2D eigenvalue weighted by atomic mass is 9.73. The summed E-state index contributed by atoms with van der Waals surface area (Å²) in [6.45, 7) is 2.37. The van der Waals surface area contributed by atoms with Crippen LogP contribution in [-0.2, 0) is 4.79 Å². The van der Waals surface area contributed by atoms with Gasteiger partial charge in [0.05, 0.1) is 23.1 Å². The molecule has 4 rings (SSSR count). The van der Waals surface area contributed by atoms with Gasteiger partial charge in [0.1, 0.15) is 11.9 Å². The molecule has 3 aromatic rings. The van der Waals surface area contributed by atoms with Crippen LogP contribution in [0, 0.1) is 5.41 Å². The molecule has 37 heavy (non-hydrogen) atoms. The third-order valence-electron chi connectivity index (χ3n) is 7.18. The van der Waals surface area contributed by atoms with E-state index in [4.69, 9.17) is 16.3 Å². The Morgan fingerprint density at radius 3 is 2.84 bits per heavy atom. The highest BCUT2D eigenvalue weighted by Crippen LogP contribution is 2.42. The summed E-state index contributed by atoms with van der Waals surface area (Å²) in [5, 5.41) is 10.3. The van der Waals surface area contributed by atoms with Crippen molar-refractivity contribution in [1.29, 1.82) is 0 Å². The molecule has 198 valence electrons. The number of carbonyl (C=O) groups is 1. The molecule has 2 N–H and O–H groups in total. The van der Waals surface area contributed by atoms with Crippen molar-refractivity contribution in [1.82, 2.24) is 20.3 Å². The van der Waals surface area contributed by atoms with E-state index in [0.717, 1.165) is 36.7 Å². The predicted molar refractivity (Wildman–Crippen MR) is 144 cm³/mol. The van der Waals surface area contributed by atoms with Gasteiger partial charge < -0.3 is 9.64 Å². The number of halogens is 2. The second kappa shape index (κ2) is 12.9. The van der Waals surface area contributed by atoms with Gasteiger partial charge in [-0.05, 0) is 87.8 Å². The molecule has 1 aliphatic rings. The Balaban J connectivity index is 1.36. The fourth-order valence-electron chi connectivity index (χ4n) is 4.99. The molecule has 0 bridgehead atoms. The Labute approximate surface area is 225 Å². The summed E-state index contributed by atoms with van der Waals surface area (Å²) in [5.74, 6) is 1.13. The minimum absolute atomic E-state index is 0.102. The second-order valence-electron chi connectivity index (χ2n) is 9.36. The molecule has 1 aliphatic heterocycles. The summed E-state index contributed by atoms with van der Waals surface area (Å²) >= 11 is 8.16. The SMILES string of the molecule is COc1ccc2ncc(Cl)c([C@H](F)CCC3(C(=O)NO)CCN(CCCSc4cccnc4)CC3)c2c1. The molecule has 1 amide bonds. The number of hydroxylamine groups is 1. The Morgan fingerprint density at radius 2 is 2.14 bits per heavy atom. The van der Waals surface area contributed by atoms with Crippen molar-refractivity contribution in [2.75, 3.05) is 32.5 Å². The molecule has 0 unspecified atom stereocenters. The molecule has 0 spiro atoms. The van der Waals surface area contributed by atoms with Gasteiger partial charge in [-0.2, -0.15) is 0 Å². The van der Waals surface area contributed by atoms with Crippen molar-refractivity contribution in [3.63, 3.8) is 0 Å². The van der Waals surface area contributed by atoms with Crippen LogP contribution in [0.2, 0.25) is 5.02 Å². The van der Waals surface area contributed by atoms with Crippen molar-refractivity contribution in [2.24, 2.45) is 5.41 Å². The molecule has 3 heterocycles. The predicted octanol–water partition coefficient (Wildman–Crippen LogP) is 5.85. The van der Waals surface area contributed by atoms with Gasteiger partial charge in [-0.25, -0.2) is 9.87 Å². The number of nitrogens with zero attached hydrogens (tertiary/aromatic N) is 3. The van der Waals surface area contributed by atoms with Gasteiger partial charge in [-0.1, -0.05) is 11.6 Å². The lowest BCUT2D eigenvalue weighted by Crippen LogP contribution is -2.48. The van der Waals surface area contributed by atoms with Gasteiger partial charge in [0.2, 0.25) is 5.91 Å². The van der Waals surface area contributed by atoms with Crippen molar-refractivity contribution in [3.05, 3.63) is 59.5 Å². The average molecular weight is 547 g/mol. The van der Waals surface area contributed by atoms with Gasteiger partial charge >= 0.3 is 0 Å². The topological polar surface area (TPSA) is 87.6 Å². The molecule has 0 radical (unpaired) electrons. The molecule has 1 saturated heterocycles. The first kappa shape index (κ1) is 27.6. The number of amides is 1. The van der Waals surface area contributed by atoms with Crippen molar-refractivity contribution in [2.45, 2.75) is 43.2 Å². The first-order valence-electron chi connectivity index (χ1n) is 12.4. The van der Waals surface area contributed by atoms with Crippen molar-refractivity contribution in [3.8, 4) is 5.75 Å². The minimum atomic E-state index is -1.39. The van der Waals surface area contributed by atoms with Gasteiger partial charge in [-0.15, -0.1) is 11.8 Å². The van der Waals surface area contributed by atoms with Crippen LogP contribution in [0.5, 0.6) is 5.75 Å². The number of thioether (sulfide) groups is 1. The summed E-state index contributed by atoms with van der Waals surface area (Å²) in [6, 6.07) is 9.26. The zero-order chi connectivity index (χ0) is 26.3. The largest absolute Gasteiger partial charge is 0.497 e. The van der Waals surface area contributed by atoms with Crippen LogP contribution < -0.4 is 10.2 Å². The highest BCUT2D eigenvalue weighted by atomic mass is 35.5. The van der Waals surface area contributed by atoms with E-state index < -0.39 is 17.5 Å². The Morgan fingerprint density at radius 1 is 1.32 bits per heavy atom. The number of hydrogen-bond acceptors (Lipinski definition) is 7. The molecule has 1 aromatic carbocycles. The van der Waals surface area contributed by atoms with E-state index in [1.165, 1.54) is 6.20 Å². The minimum Gasteiger partial charge on any atom is -0.497 e. The quantitative estimate of drug-likeness (QED) is 0.135. The van der Waals surface area contributed by atoms with Gasteiger partial charge in [-0.3, -0.25) is 20.0 Å². The van der Waals surface area contributed by atoms with Crippen LogP contribution in [0.25, 0.3) is 10.9 Å². The van der Waals surface area contributed by atoms with E-state index in [1.807, 2.05) is 17.7 Å². The van der Waals surface area contributed by atoms with Gasteiger partial charge in [0.15, 0.2) is 0 Å². The number of ether oxygens (including phenoxy) is 1. The highest BCUT2D eigenvalue weighted by Gasteiger charge is 2.41. The van der Waals surface area contributed by atoms with Crippen LogP contribution >= 0.6 is 23.4 Å². The fraction of sp³-hybridized carbons (Fsp3) is 0.444. The van der Waals surface area contributed by atoms with E-state index in [2.05, 4.69) is 20.9 Å². The maximum atomic E-state index is 15.7. The second-order valence-corrected chi connectivity index (χ2v) is 10.9. The summed E-state index contributed by atoms with van der Waals surface area (Å²) in [5.41, 5.74) is 1.99. The number of benzene rings is 1. The average Bonchev–Trinajstić information content (AvgIpc) is 2.94. The number of nitrogens with one attached hydrogen (secondary N) is 1. The highest BCUT2D eigenvalue weighted by molar-refractivity contribution is 7.99. The molecule has 0 aliphatic carbocycles. The normalized spacial score (nSPS) is 16.4. The van der Waals surface area contributed by atoms with Crippen LogP contribution in [0.3, 0.4) is 0 Å². The molecule has 0 saturated carbocycles. The van der Waals surface area contributed by atoms with E-state index in [-0.39, 0.29) is 11.4 Å². The number of carbonyl (C=O) groups excluding carboxylic acids is 1. The summed E-state index contributed by atoms with van der Waals surface area (Å²) < 4.78 is 21.0. The van der Waals surface area contributed by atoms with E-state index in [0.29, 0.717) is 41.5 Å². The number of alkyl halides is 1. The van der Waals surface area contributed by atoms with E-state index >= 15 is 4.39 Å². The number of aromatic nitrogens is 2. The van der Waals surface area contributed by atoms with Crippen LogP contribution in [-0.4, -0.2) is 58.5 Å². The number of rotatable bonds is 11. The lowest BCUT2D eigenvalue weighted by molar-refractivity contribution is -0.143. The maximum absolute atomic E-state index is 15.7. The molecule has 2 aromatic heterocycles. The number of fused-ring (bicyclic) bond motifs is 1. The van der Waals surface area contributed by atoms with E-state index in [9.17, 15) is 10.0 Å². The van der Waals surface area contributed by atoms with Crippen LogP contribution in [0.1, 0.15) is 43.8 Å². The number of hydrogen-bond donors (Lipinski definition) is 2. The van der Waals surface area contributed by atoms with Crippen LogP contribution in [0.15, 0.2) is 53.8 Å². The summed E-state index contributed by atoms with van der Waals surface area (Å²) in [7, 11) is 1.55. The number of piperidine rings is 1. The monoisotopic (exact) mass is 546 g/mol. The molecule has 1 atom stereocenters. The fourth-order valence-corrected chi connectivity index (χ4v) is 6.07. The Kier molecular flexibility index (Phi) is 9.59. The summed E-state index contributed by atoms with van der Waals surface area (Å²) in [4.78, 5) is 24.7. The smallest absolute Gasteiger partial charge is 0.249 e. The molecule has 7 nitrogen and oxygen atoms in total. The molecule has 1 fully saturated rings. The molecular weight excluding hydrogens is 515 g/mol. The summed E-state index contributed by atoms with van der Waals surface area (Å²) in [6.07, 6.45) is 6.23. The van der Waals surface area contributed by atoms with Crippen molar-refractivity contribution >= 4 is 40.2 Å². The number of pyridine rings is 2. The zero-order valence-corrected chi connectivity index (χ0v) is 22.4. The maximum Gasteiger partial charge on any atom is 0.249 e. The van der Waals surface area contributed by atoms with Gasteiger partial charge in [0.25, 0.3) is 0 Å². The lowest BCUT2D eigenvalue weighted by Gasteiger charge is -2.40. The first-order valence-corrected chi connectivity index (χ1v) is 13.8. The third-order valence-corrected chi connectivity index (χ3v) is 8.54.